The third kappa shape index (κ3) is 4.12. The number of hydrogen-bond acceptors (Lipinski definition) is 5. The van der Waals surface area contributed by atoms with Crippen molar-refractivity contribution < 1.29 is 9.53 Å². The number of carbonyl (C=O) groups is 1. The zero-order chi connectivity index (χ0) is 15.2. The van der Waals surface area contributed by atoms with Crippen LogP contribution < -0.4 is 5.32 Å². The Labute approximate surface area is 128 Å². The quantitative estimate of drug-likeness (QED) is 0.875. The summed E-state index contributed by atoms with van der Waals surface area (Å²) in [5.74, 6) is 0.531. The van der Waals surface area contributed by atoms with Gasteiger partial charge in [0.2, 0.25) is 5.91 Å². The lowest BCUT2D eigenvalue weighted by molar-refractivity contribution is -0.118. The first kappa shape index (κ1) is 14.7. The molecule has 0 aliphatic carbocycles. The maximum atomic E-state index is 12.0. The molecule has 1 amide bonds. The van der Waals surface area contributed by atoms with Gasteiger partial charge in [0.05, 0.1) is 26.3 Å². The van der Waals surface area contributed by atoms with Crippen LogP contribution in [0, 0.1) is 0 Å². The van der Waals surface area contributed by atoms with E-state index in [-0.39, 0.29) is 5.91 Å². The van der Waals surface area contributed by atoms with Gasteiger partial charge in [0.1, 0.15) is 0 Å². The summed E-state index contributed by atoms with van der Waals surface area (Å²) in [5.41, 5.74) is 1.12. The van der Waals surface area contributed by atoms with Crippen LogP contribution in [0.25, 0.3) is 0 Å². The van der Waals surface area contributed by atoms with Crippen molar-refractivity contribution in [1.29, 1.82) is 0 Å². The van der Waals surface area contributed by atoms with Gasteiger partial charge in [-0.3, -0.25) is 19.4 Å². The zero-order valence-electron chi connectivity index (χ0n) is 12.3. The summed E-state index contributed by atoms with van der Waals surface area (Å²) in [6.07, 6.45) is 5.36. The Morgan fingerprint density at radius 3 is 2.77 bits per heavy atom. The van der Waals surface area contributed by atoms with E-state index < -0.39 is 0 Å². The molecule has 0 aromatic carbocycles. The van der Waals surface area contributed by atoms with Crippen LogP contribution in [0.2, 0.25) is 0 Å². The van der Waals surface area contributed by atoms with Crippen molar-refractivity contribution >= 4 is 11.7 Å². The van der Waals surface area contributed by atoms with E-state index in [4.69, 9.17) is 4.74 Å². The number of aromatic nitrogens is 3. The Kier molecular flexibility index (Phi) is 4.77. The molecule has 2 aromatic rings. The van der Waals surface area contributed by atoms with E-state index in [1.807, 2.05) is 18.3 Å². The molecular weight excluding hydrogens is 282 g/mol. The lowest BCUT2D eigenvalue weighted by Gasteiger charge is -2.25. The van der Waals surface area contributed by atoms with Crippen molar-refractivity contribution in [3.63, 3.8) is 0 Å². The lowest BCUT2D eigenvalue weighted by atomic mass is 10.3. The van der Waals surface area contributed by atoms with E-state index in [1.54, 1.807) is 23.1 Å². The number of carbonyl (C=O) groups excluding carboxylic acids is 1. The Morgan fingerprint density at radius 1 is 1.23 bits per heavy atom. The van der Waals surface area contributed by atoms with E-state index in [1.165, 1.54) is 0 Å². The Balaban J connectivity index is 1.51. The minimum Gasteiger partial charge on any atom is -0.379 e. The molecule has 0 spiro atoms. The fraction of sp³-hybridized carbons (Fsp3) is 0.400. The molecule has 0 atom stereocenters. The summed E-state index contributed by atoms with van der Waals surface area (Å²) in [4.78, 5) is 18.1. The molecule has 2 aromatic heterocycles. The fourth-order valence-corrected chi connectivity index (χ4v) is 2.34. The van der Waals surface area contributed by atoms with Gasteiger partial charge in [-0.25, -0.2) is 0 Å². The maximum absolute atomic E-state index is 12.0. The Hall–Kier alpha value is -2.25. The van der Waals surface area contributed by atoms with Crippen LogP contribution in [-0.4, -0.2) is 58.4 Å². The van der Waals surface area contributed by atoms with Crippen molar-refractivity contribution in [1.82, 2.24) is 19.7 Å². The van der Waals surface area contributed by atoms with Gasteiger partial charge >= 0.3 is 0 Å². The summed E-state index contributed by atoms with van der Waals surface area (Å²) in [6.45, 7) is 4.00. The number of amides is 1. The second-order valence-electron chi connectivity index (χ2n) is 5.19. The summed E-state index contributed by atoms with van der Waals surface area (Å²) >= 11 is 0. The number of hydrogen-bond donors (Lipinski definition) is 1. The van der Waals surface area contributed by atoms with Crippen molar-refractivity contribution in [3.05, 3.63) is 42.4 Å². The van der Waals surface area contributed by atoms with E-state index in [0.29, 0.717) is 32.1 Å². The number of pyridine rings is 1. The molecule has 7 nitrogen and oxygen atoms in total. The SMILES string of the molecule is O=C(CN1CCOCC1)Nc1ccn(Cc2ccncc2)n1. The highest BCUT2D eigenvalue weighted by Crippen LogP contribution is 2.06. The number of ether oxygens (including phenoxy) is 1. The molecular formula is C15H19N5O2. The lowest BCUT2D eigenvalue weighted by Crippen LogP contribution is -2.41. The molecule has 0 radical (unpaired) electrons. The molecule has 1 aliphatic heterocycles. The third-order valence-electron chi connectivity index (χ3n) is 3.47. The minimum atomic E-state index is -0.0453. The van der Waals surface area contributed by atoms with E-state index in [0.717, 1.165) is 18.7 Å². The van der Waals surface area contributed by atoms with Crippen LogP contribution >= 0.6 is 0 Å². The van der Waals surface area contributed by atoms with Crippen LogP contribution in [0.1, 0.15) is 5.56 Å². The van der Waals surface area contributed by atoms with Gasteiger partial charge < -0.3 is 10.1 Å². The van der Waals surface area contributed by atoms with Gasteiger partial charge in [0, 0.05) is 37.7 Å². The third-order valence-corrected chi connectivity index (χ3v) is 3.47. The molecule has 1 N–H and O–H groups in total. The molecule has 0 unspecified atom stereocenters. The highest BCUT2D eigenvalue weighted by Gasteiger charge is 2.14. The summed E-state index contributed by atoms with van der Waals surface area (Å²) < 4.78 is 7.06. The molecule has 22 heavy (non-hydrogen) atoms. The molecule has 1 saturated heterocycles. The highest BCUT2D eigenvalue weighted by atomic mass is 16.5. The average Bonchev–Trinajstić information content (AvgIpc) is 2.96. The van der Waals surface area contributed by atoms with Crippen LogP contribution in [0.5, 0.6) is 0 Å². The monoisotopic (exact) mass is 301 g/mol. The molecule has 1 aliphatic rings. The van der Waals surface area contributed by atoms with Gasteiger partial charge in [-0.05, 0) is 17.7 Å². The van der Waals surface area contributed by atoms with Gasteiger partial charge in [-0.2, -0.15) is 5.10 Å². The second-order valence-corrected chi connectivity index (χ2v) is 5.19. The highest BCUT2D eigenvalue weighted by molar-refractivity contribution is 5.91. The number of anilines is 1. The molecule has 7 heteroatoms. The molecule has 116 valence electrons. The standard InChI is InChI=1S/C15H19N5O2/c21-15(12-19-7-9-22-10-8-19)17-14-3-6-20(18-14)11-13-1-4-16-5-2-13/h1-6H,7-12H2,(H,17,18,21). The molecule has 3 rings (SSSR count). The van der Waals surface area contributed by atoms with E-state index in [2.05, 4.69) is 20.3 Å². The smallest absolute Gasteiger partial charge is 0.239 e. The predicted molar refractivity (Wildman–Crippen MR) is 81.5 cm³/mol. The van der Waals surface area contributed by atoms with Crippen LogP contribution in [0.15, 0.2) is 36.8 Å². The van der Waals surface area contributed by atoms with Gasteiger partial charge in [-0.1, -0.05) is 0 Å². The first-order chi connectivity index (χ1) is 10.8. The van der Waals surface area contributed by atoms with Crippen molar-refractivity contribution in [2.24, 2.45) is 0 Å². The van der Waals surface area contributed by atoms with Crippen molar-refractivity contribution in [3.8, 4) is 0 Å². The molecule has 1 fully saturated rings. The Morgan fingerprint density at radius 2 is 2.00 bits per heavy atom. The fourth-order valence-electron chi connectivity index (χ4n) is 2.34. The van der Waals surface area contributed by atoms with Crippen molar-refractivity contribution in [2.75, 3.05) is 38.2 Å². The van der Waals surface area contributed by atoms with Crippen LogP contribution in [0.4, 0.5) is 5.82 Å². The van der Waals surface area contributed by atoms with Crippen LogP contribution in [-0.2, 0) is 16.1 Å². The van der Waals surface area contributed by atoms with E-state index in [9.17, 15) is 4.79 Å². The summed E-state index contributed by atoms with van der Waals surface area (Å²) in [6, 6.07) is 5.69. The van der Waals surface area contributed by atoms with Crippen molar-refractivity contribution in [2.45, 2.75) is 6.54 Å². The van der Waals surface area contributed by atoms with E-state index >= 15 is 0 Å². The summed E-state index contributed by atoms with van der Waals surface area (Å²) in [7, 11) is 0. The zero-order valence-corrected chi connectivity index (χ0v) is 12.3. The number of morpholine rings is 1. The van der Waals surface area contributed by atoms with Gasteiger partial charge in [0.15, 0.2) is 5.82 Å². The largest absolute Gasteiger partial charge is 0.379 e. The Bertz CT molecular complexity index is 607. The maximum Gasteiger partial charge on any atom is 0.239 e. The first-order valence-electron chi connectivity index (χ1n) is 7.32. The van der Waals surface area contributed by atoms with Crippen LogP contribution in [0.3, 0.4) is 0 Å². The average molecular weight is 301 g/mol. The topological polar surface area (TPSA) is 72.3 Å². The minimum absolute atomic E-state index is 0.0453. The molecule has 0 bridgehead atoms. The second kappa shape index (κ2) is 7.15. The normalized spacial score (nSPS) is 15.6. The summed E-state index contributed by atoms with van der Waals surface area (Å²) in [5, 5.41) is 7.19. The van der Waals surface area contributed by atoms with Gasteiger partial charge in [0.25, 0.3) is 0 Å². The predicted octanol–water partition coefficient (Wildman–Crippen LogP) is 0.597. The number of rotatable bonds is 5. The first-order valence-corrected chi connectivity index (χ1v) is 7.32. The molecule has 0 saturated carbocycles. The number of nitrogens with one attached hydrogen (secondary N) is 1. The molecule has 3 heterocycles. The van der Waals surface area contributed by atoms with Gasteiger partial charge in [-0.15, -0.1) is 0 Å². The number of nitrogens with zero attached hydrogens (tertiary/aromatic N) is 4.